The van der Waals surface area contributed by atoms with Crippen molar-refractivity contribution in [2.24, 2.45) is 0 Å². The summed E-state index contributed by atoms with van der Waals surface area (Å²) >= 11 is 0. The van der Waals surface area contributed by atoms with Gasteiger partial charge in [-0.3, -0.25) is 4.57 Å². The summed E-state index contributed by atoms with van der Waals surface area (Å²) in [5.41, 5.74) is 3.45. The fourth-order valence-electron chi connectivity index (χ4n) is 4.03. The van der Waals surface area contributed by atoms with E-state index in [1.165, 1.54) is 4.57 Å². The Bertz CT molecular complexity index is 1140. The van der Waals surface area contributed by atoms with E-state index in [1.54, 1.807) is 6.07 Å². The van der Waals surface area contributed by atoms with Gasteiger partial charge in [0.25, 0.3) is 0 Å². The number of rotatable bonds is 4. The fraction of sp³-hybridized carbons (Fsp3) is 0.261. The number of hydrogen-bond donors (Lipinski definition) is 2. The maximum absolute atomic E-state index is 10.8. The molecule has 1 saturated heterocycles. The second-order valence-corrected chi connectivity index (χ2v) is 7.50. The highest BCUT2D eigenvalue weighted by molar-refractivity contribution is 5.86. The first-order chi connectivity index (χ1) is 14.2. The summed E-state index contributed by atoms with van der Waals surface area (Å²) in [5, 5.41) is 26.7. The summed E-state index contributed by atoms with van der Waals surface area (Å²) < 4.78 is 9.31. The number of ether oxygens (including phenoxy) is 1. The molecule has 2 aromatic heterocycles. The molecule has 0 spiro atoms. The van der Waals surface area contributed by atoms with Gasteiger partial charge in [0, 0.05) is 23.6 Å². The predicted octanol–water partition coefficient (Wildman–Crippen LogP) is 4.66. The van der Waals surface area contributed by atoms with Crippen LogP contribution in [-0.4, -0.2) is 31.2 Å². The summed E-state index contributed by atoms with van der Waals surface area (Å²) in [5.74, 6) is 0.0847. The first kappa shape index (κ1) is 17.8. The molecule has 0 bridgehead atoms. The van der Waals surface area contributed by atoms with E-state index in [-0.39, 0.29) is 18.0 Å². The third-order valence-corrected chi connectivity index (χ3v) is 5.57. The molecular weight excluding hydrogens is 366 g/mol. The van der Waals surface area contributed by atoms with Gasteiger partial charge in [0.2, 0.25) is 5.88 Å². The van der Waals surface area contributed by atoms with E-state index in [4.69, 9.17) is 4.74 Å². The zero-order valence-corrected chi connectivity index (χ0v) is 16.0. The zero-order valence-electron chi connectivity index (χ0n) is 16.0. The normalized spacial score (nSPS) is 17.0. The van der Waals surface area contributed by atoms with Crippen molar-refractivity contribution in [3.8, 4) is 22.9 Å². The molecule has 5 rings (SSSR count). The second-order valence-electron chi connectivity index (χ2n) is 7.50. The largest absolute Gasteiger partial charge is 0.494 e. The lowest BCUT2D eigenvalue weighted by molar-refractivity contribution is -0.0366. The van der Waals surface area contributed by atoms with Crippen LogP contribution in [0.15, 0.2) is 60.8 Å². The maximum atomic E-state index is 10.8. The van der Waals surface area contributed by atoms with Gasteiger partial charge in [0.1, 0.15) is 0 Å². The van der Waals surface area contributed by atoms with Gasteiger partial charge in [0.15, 0.2) is 12.1 Å². The third kappa shape index (κ3) is 3.25. The second kappa shape index (κ2) is 7.29. The molecule has 1 atom stereocenters. The number of fused-ring (bicyclic) bond motifs is 1. The Labute approximate surface area is 168 Å². The SMILES string of the molecule is Oc1cc(-c2ccc3c(cnn3C3CCCCO3)c2)c(O)n1Cc1ccccc1. The molecule has 6 nitrogen and oxygen atoms in total. The van der Waals surface area contributed by atoms with Crippen molar-refractivity contribution in [1.29, 1.82) is 0 Å². The van der Waals surface area contributed by atoms with E-state index < -0.39 is 0 Å². The molecule has 0 amide bonds. The first-order valence-corrected chi connectivity index (χ1v) is 9.95. The Morgan fingerprint density at radius 3 is 2.69 bits per heavy atom. The van der Waals surface area contributed by atoms with Gasteiger partial charge in [-0.2, -0.15) is 5.10 Å². The van der Waals surface area contributed by atoms with E-state index in [0.29, 0.717) is 12.1 Å². The van der Waals surface area contributed by atoms with Crippen LogP contribution in [0, 0.1) is 0 Å². The van der Waals surface area contributed by atoms with Gasteiger partial charge in [-0.15, -0.1) is 0 Å². The van der Waals surface area contributed by atoms with Gasteiger partial charge in [-0.1, -0.05) is 36.4 Å². The molecule has 1 aliphatic rings. The molecule has 148 valence electrons. The number of aromatic hydroxyl groups is 2. The smallest absolute Gasteiger partial charge is 0.202 e. The van der Waals surface area contributed by atoms with Crippen molar-refractivity contribution < 1.29 is 14.9 Å². The van der Waals surface area contributed by atoms with E-state index in [1.807, 2.05) is 59.4 Å². The highest BCUT2D eigenvalue weighted by Gasteiger charge is 2.20. The monoisotopic (exact) mass is 389 g/mol. The van der Waals surface area contributed by atoms with Crippen molar-refractivity contribution in [1.82, 2.24) is 14.3 Å². The Kier molecular flexibility index (Phi) is 4.48. The summed E-state index contributed by atoms with van der Waals surface area (Å²) in [4.78, 5) is 0. The van der Waals surface area contributed by atoms with Crippen LogP contribution in [0.3, 0.4) is 0 Å². The highest BCUT2D eigenvalue weighted by Crippen LogP contribution is 2.38. The Hall–Kier alpha value is -3.25. The van der Waals surface area contributed by atoms with Gasteiger partial charge < -0.3 is 14.9 Å². The highest BCUT2D eigenvalue weighted by atomic mass is 16.5. The predicted molar refractivity (Wildman–Crippen MR) is 111 cm³/mol. The zero-order chi connectivity index (χ0) is 19.8. The van der Waals surface area contributed by atoms with Gasteiger partial charge >= 0.3 is 0 Å². The summed E-state index contributed by atoms with van der Waals surface area (Å²) in [6, 6.07) is 17.3. The van der Waals surface area contributed by atoms with Crippen molar-refractivity contribution >= 4 is 10.9 Å². The van der Waals surface area contributed by atoms with Gasteiger partial charge in [-0.25, -0.2) is 4.68 Å². The molecule has 2 aromatic carbocycles. The average molecular weight is 389 g/mol. The van der Waals surface area contributed by atoms with Crippen molar-refractivity contribution in [3.63, 3.8) is 0 Å². The van der Waals surface area contributed by atoms with Gasteiger partial charge in [-0.05, 0) is 42.5 Å². The van der Waals surface area contributed by atoms with Crippen LogP contribution in [0.1, 0.15) is 31.1 Å². The summed E-state index contributed by atoms with van der Waals surface area (Å²) in [6.07, 6.45) is 5.02. The molecule has 1 fully saturated rings. The fourth-order valence-corrected chi connectivity index (χ4v) is 4.03. The Morgan fingerprint density at radius 1 is 1.03 bits per heavy atom. The van der Waals surface area contributed by atoms with Crippen LogP contribution < -0.4 is 0 Å². The van der Waals surface area contributed by atoms with E-state index in [2.05, 4.69) is 5.10 Å². The molecule has 6 heteroatoms. The van der Waals surface area contributed by atoms with Crippen LogP contribution in [0.4, 0.5) is 0 Å². The minimum atomic E-state index is -0.0171. The van der Waals surface area contributed by atoms with E-state index in [0.717, 1.165) is 47.9 Å². The quantitative estimate of drug-likeness (QED) is 0.532. The molecule has 4 aromatic rings. The molecule has 1 aliphatic heterocycles. The van der Waals surface area contributed by atoms with E-state index in [9.17, 15) is 10.2 Å². The average Bonchev–Trinajstić information content (AvgIpc) is 3.31. The van der Waals surface area contributed by atoms with Crippen molar-refractivity contribution in [2.75, 3.05) is 6.61 Å². The van der Waals surface area contributed by atoms with Crippen molar-refractivity contribution in [3.05, 3.63) is 66.4 Å². The lowest BCUT2D eigenvalue weighted by atomic mass is 10.1. The van der Waals surface area contributed by atoms with Crippen molar-refractivity contribution in [2.45, 2.75) is 32.0 Å². The lowest BCUT2D eigenvalue weighted by Crippen LogP contribution is -2.18. The molecule has 0 saturated carbocycles. The molecule has 3 heterocycles. The third-order valence-electron chi connectivity index (χ3n) is 5.57. The molecular formula is C23H23N3O3. The maximum Gasteiger partial charge on any atom is 0.202 e. The van der Waals surface area contributed by atoms with Gasteiger partial charge in [0.05, 0.1) is 18.3 Å². The summed E-state index contributed by atoms with van der Waals surface area (Å²) in [6.45, 7) is 1.17. The number of benzene rings is 2. The number of aromatic nitrogens is 3. The minimum Gasteiger partial charge on any atom is -0.494 e. The summed E-state index contributed by atoms with van der Waals surface area (Å²) in [7, 11) is 0. The van der Waals surface area contributed by atoms with Crippen LogP contribution in [0.5, 0.6) is 11.8 Å². The Morgan fingerprint density at radius 2 is 1.90 bits per heavy atom. The lowest BCUT2D eigenvalue weighted by Gasteiger charge is -2.23. The number of nitrogens with zero attached hydrogens (tertiary/aromatic N) is 3. The van der Waals surface area contributed by atoms with Crippen LogP contribution >= 0.6 is 0 Å². The standard InChI is InChI=1S/C23H23N3O3/c27-21-13-19(23(28)25(21)15-16-6-2-1-3-7-16)17-9-10-20-18(12-17)14-24-26(20)22-8-4-5-11-29-22/h1-3,6-7,9-10,12-14,22,27-28H,4-5,8,11,15H2. The minimum absolute atomic E-state index is 0.0171. The van der Waals surface area contributed by atoms with Crippen LogP contribution in [0.25, 0.3) is 22.0 Å². The number of hydrogen-bond acceptors (Lipinski definition) is 4. The molecule has 2 N–H and O–H groups in total. The van der Waals surface area contributed by atoms with E-state index >= 15 is 0 Å². The topological polar surface area (TPSA) is 72.4 Å². The molecule has 29 heavy (non-hydrogen) atoms. The Balaban J connectivity index is 1.49. The molecule has 1 unspecified atom stereocenters. The first-order valence-electron chi connectivity index (χ1n) is 9.95. The molecule has 0 aliphatic carbocycles. The molecule has 0 radical (unpaired) electrons. The van der Waals surface area contributed by atoms with Crippen LogP contribution in [0.2, 0.25) is 0 Å². The van der Waals surface area contributed by atoms with Crippen LogP contribution in [-0.2, 0) is 11.3 Å².